The van der Waals surface area contributed by atoms with Crippen LogP contribution >= 0.6 is 0 Å². The number of nitrogens with zero attached hydrogens (tertiary/aromatic N) is 3. The maximum atomic E-state index is 5.58. The van der Waals surface area contributed by atoms with Crippen LogP contribution in [0.2, 0.25) is 0 Å². The van der Waals surface area contributed by atoms with Gasteiger partial charge in [0.15, 0.2) is 0 Å². The molecule has 0 spiro atoms. The number of hydrogen-bond donors (Lipinski definition) is 1. The van der Waals surface area contributed by atoms with E-state index in [1.807, 2.05) is 0 Å². The van der Waals surface area contributed by atoms with Crippen LogP contribution in [0.1, 0.15) is 49.6 Å². The lowest BCUT2D eigenvalue weighted by atomic mass is 10.1. The van der Waals surface area contributed by atoms with Crippen molar-refractivity contribution in [1.82, 2.24) is 14.5 Å². The zero-order valence-corrected chi connectivity index (χ0v) is 13.4. The molecule has 0 radical (unpaired) electrons. The predicted octanol–water partition coefficient (Wildman–Crippen LogP) is 2.75. The summed E-state index contributed by atoms with van der Waals surface area (Å²) in [5, 5.41) is 0. The van der Waals surface area contributed by atoms with Gasteiger partial charge in [0.1, 0.15) is 5.82 Å². The first-order valence-corrected chi connectivity index (χ1v) is 8.00. The molecule has 0 bridgehead atoms. The topological polar surface area (TPSA) is 47.1 Å². The Morgan fingerprint density at radius 2 is 1.90 bits per heavy atom. The fourth-order valence-electron chi connectivity index (χ4n) is 3.33. The molecule has 1 aromatic carbocycles. The van der Waals surface area contributed by atoms with Crippen LogP contribution in [0.25, 0.3) is 11.0 Å². The highest BCUT2D eigenvalue weighted by molar-refractivity contribution is 5.78. The number of aromatic nitrogens is 2. The number of unbranched alkanes of at least 4 members (excludes halogenated alkanes) is 1. The van der Waals surface area contributed by atoms with Gasteiger partial charge in [-0.3, -0.25) is 4.90 Å². The highest BCUT2D eigenvalue weighted by atomic mass is 15.1. The van der Waals surface area contributed by atoms with E-state index in [4.69, 9.17) is 10.7 Å². The molecular weight excluding hydrogens is 260 g/mol. The summed E-state index contributed by atoms with van der Waals surface area (Å²) >= 11 is 0. The van der Waals surface area contributed by atoms with Crippen molar-refractivity contribution in [2.24, 2.45) is 12.8 Å². The van der Waals surface area contributed by atoms with Crippen LogP contribution in [0.5, 0.6) is 0 Å². The minimum Gasteiger partial charge on any atom is -0.331 e. The van der Waals surface area contributed by atoms with Crippen molar-refractivity contribution in [2.75, 3.05) is 13.1 Å². The van der Waals surface area contributed by atoms with Gasteiger partial charge in [0, 0.05) is 26.1 Å². The molecule has 21 heavy (non-hydrogen) atoms. The Kier molecular flexibility index (Phi) is 4.00. The van der Waals surface area contributed by atoms with Crippen LogP contribution in [-0.4, -0.2) is 27.5 Å². The molecule has 4 nitrogen and oxygen atoms in total. The summed E-state index contributed by atoms with van der Waals surface area (Å²) in [5.74, 6) is 1.64. The monoisotopic (exact) mass is 286 g/mol. The van der Waals surface area contributed by atoms with E-state index in [0.717, 1.165) is 38.1 Å². The van der Waals surface area contributed by atoms with Crippen molar-refractivity contribution in [2.45, 2.75) is 45.7 Å². The van der Waals surface area contributed by atoms with Crippen molar-refractivity contribution < 1.29 is 0 Å². The number of rotatable bonds is 5. The number of hydrogen-bond acceptors (Lipinski definition) is 3. The quantitative estimate of drug-likeness (QED) is 0.860. The Labute approximate surface area is 126 Å². The molecule has 0 amide bonds. The summed E-state index contributed by atoms with van der Waals surface area (Å²) < 4.78 is 2.25. The molecule has 1 aromatic heterocycles. The van der Waals surface area contributed by atoms with Crippen LogP contribution in [0.15, 0.2) is 12.1 Å². The molecule has 0 unspecified atom stereocenters. The van der Waals surface area contributed by atoms with Crippen LogP contribution < -0.4 is 5.73 Å². The summed E-state index contributed by atoms with van der Waals surface area (Å²) in [6.07, 6.45) is 2.31. The standard InChI is InChI=1S/C17H26N4/c1-12(2)17-19-15-8-13-10-21(7-5-4-6-18)11-14(13)9-16(15)20(17)3/h8-9,12H,4-7,10-11,18H2,1-3H3. The zero-order valence-electron chi connectivity index (χ0n) is 13.4. The number of benzene rings is 1. The molecule has 0 fully saturated rings. The molecular formula is C17H26N4. The van der Waals surface area contributed by atoms with E-state index < -0.39 is 0 Å². The molecule has 1 aliphatic rings. The molecule has 0 saturated heterocycles. The Bertz CT molecular complexity index is 642. The smallest absolute Gasteiger partial charge is 0.112 e. The lowest BCUT2D eigenvalue weighted by Gasteiger charge is -2.13. The van der Waals surface area contributed by atoms with Crippen molar-refractivity contribution in [3.8, 4) is 0 Å². The largest absolute Gasteiger partial charge is 0.331 e. The first-order chi connectivity index (χ1) is 10.1. The molecule has 2 aromatic rings. The van der Waals surface area contributed by atoms with Gasteiger partial charge in [-0.05, 0) is 49.2 Å². The van der Waals surface area contributed by atoms with Crippen LogP contribution in [0.4, 0.5) is 0 Å². The summed E-state index contributed by atoms with van der Waals surface area (Å²) in [4.78, 5) is 7.33. The second-order valence-electron chi connectivity index (χ2n) is 6.50. The molecule has 0 saturated carbocycles. The minimum absolute atomic E-state index is 0.463. The summed E-state index contributed by atoms with van der Waals surface area (Å²) in [7, 11) is 2.13. The summed E-state index contributed by atoms with van der Waals surface area (Å²) in [5.41, 5.74) is 10.9. The van der Waals surface area contributed by atoms with Crippen molar-refractivity contribution in [1.29, 1.82) is 0 Å². The SMILES string of the molecule is CC(C)c1nc2cc3c(cc2n1C)CN(CCCCN)C3. The van der Waals surface area contributed by atoms with Gasteiger partial charge in [-0.25, -0.2) is 4.98 Å². The summed E-state index contributed by atoms with van der Waals surface area (Å²) in [6.45, 7) is 8.48. The summed E-state index contributed by atoms with van der Waals surface area (Å²) in [6, 6.07) is 4.63. The van der Waals surface area contributed by atoms with Crippen molar-refractivity contribution in [3.63, 3.8) is 0 Å². The zero-order chi connectivity index (χ0) is 15.0. The third-order valence-electron chi connectivity index (χ3n) is 4.47. The minimum atomic E-state index is 0.463. The van der Waals surface area contributed by atoms with E-state index in [1.165, 1.54) is 28.9 Å². The second kappa shape index (κ2) is 5.78. The van der Waals surface area contributed by atoms with Crippen molar-refractivity contribution >= 4 is 11.0 Å². The number of nitrogens with two attached hydrogens (primary N) is 1. The van der Waals surface area contributed by atoms with Crippen LogP contribution in [-0.2, 0) is 20.1 Å². The molecule has 2 N–H and O–H groups in total. The van der Waals surface area contributed by atoms with E-state index in [1.54, 1.807) is 0 Å². The first-order valence-electron chi connectivity index (χ1n) is 8.00. The third-order valence-corrected chi connectivity index (χ3v) is 4.47. The average Bonchev–Trinajstić information content (AvgIpc) is 2.98. The van der Waals surface area contributed by atoms with E-state index in [9.17, 15) is 0 Å². The van der Waals surface area contributed by atoms with Crippen LogP contribution in [0.3, 0.4) is 0 Å². The maximum absolute atomic E-state index is 5.58. The molecule has 0 atom stereocenters. The van der Waals surface area contributed by atoms with Gasteiger partial charge < -0.3 is 10.3 Å². The maximum Gasteiger partial charge on any atom is 0.112 e. The number of fused-ring (bicyclic) bond motifs is 2. The molecule has 2 heterocycles. The van der Waals surface area contributed by atoms with E-state index in [0.29, 0.717) is 5.92 Å². The molecule has 1 aliphatic heterocycles. The first kappa shape index (κ1) is 14.5. The molecule has 4 heteroatoms. The normalized spacial score (nSPS) is 15.3. The number of imidazole rings is 1. The lowest BCUT2D eigenvalue weighted by molar-refractivity contribution is 0.278. The lowest BCUT2D eigenvalue weighted by Crippen LogP contribution is -2.18. The van der Waals surface area contributed by atoms with E-state index in [2.05, 4.69) is 42.5 Å². The molecule has 114 valence electrons. The molecule has 0 aliphatic carbocycles. The fourth-order valence-corrected chi connectivity index (χ4v) is 3.33. The number of aryl methyl sites for hydroxylation is 1. The average molecular weight is 286 g/mol. The van der Waals surface area contributed by atoms with Gasteiger partial charge in [0.2, 0.25) is 0 Å². The fraction of sp³-hybridized carbons (Fsp3) is 0.588. The predicted molar refractivity (Wildman–Crippen MR) is 87.2 cm³/mol. The van der Waals surface area contributed by atoms with Gasteiger partial charge in [-0.2, -0.15) is 0 Å². The van der Waals surface area contributed by atoms with Gasteiger partial charge in [0.25, 0.3) is 0 Å². The third kappa shape index (κ3) is 2.70. The van der Waals surface area contributed by atoms with E-state index >= 15 is 0 Å². The highest BCUT2D eigenvalue weighted by Crippen LogP contribution is 2.29. The van der Waals surface area contributed by atoms with Gasteiger partial charge in [-0.15, -0.1) is 0 Å². The Hall–Kier alpha value is -1.39. The highest BCUT2D eigenvalue weighted by Gasteiger charge is 2.21. The van der Waals surface area contributed by atoms with Gasteiger partial charge >= 0.3 is 0 Å². The Morgan fingerprint density at radius 3 is 2.57 bits per heavy atom. The van der Waals surface area contributed by atoms with Crippen LogP contribution in [0, 0.1) is 0 Å². The van der Waals surface area contributed by atoms with Gasteiger partial charge in [0.05, 0.1) is 11.0 Å². The van der Waals surface area contributed by atoms with Gasteiger partial charge in [-0.1, -0.05) is 13.8 Å². The molecule has 3 rings (SSSR count). The second-order valence-corrected chi connectivity index (χ2v) is 6.50. The van der Waals surface area contributed by atoms with E-state index in [-0.39, 0.29) is 0 Å². The Balaban J connectivity index is 1.84. The Morgan fingerprint density at radius 1 is 1.19 bits per heavy atom. The van der Waals surface area contributed by atoms with Crippen molar-refractivity contribution in [3.05, 3.63) is 29.1 Å².